The quantitative estimate of drug-likeness (QED) is 0.318. The Labute approximate surface area is 335 Å². The molecule has 3 aliphatic heterocycles. The molecule has 6 atom stereocenters. The van der Waals surface area contributed by atoms with Gasteiger partial charge in [-0.1, -0.05) is 19.9 Å². The molecule has 5 heterocycles. The van der Waals surface area contributed by atoms with E-state index in [1.165, 1.54) is 21.5 Å². The Bertz CT molecular complexity index is 2030. The van der Waals surface area contributed by atoms with Gasteiger partial charge < -0.3 is 39.2 Å². The topological polar surface area (TPSA) is 143 Å². The number of fused-ring (bicyclic) bond motifs is 7. The summed E-state index contributed by atoms with van der Waals surface area (Å²) in [7, 11) is 3.77. The van der Waals surface area contributed by atoms with Gasteiger partial charge >= 0.3 is 12.1 Å². The lowest BCUT2D eigenvalue weighted by molar-refractivity contribution is -0.156. The van der Waals surface area contributed by atoms with Gasteiger partial charge in [-0.15, -0.1) is 0 Å². The van der Waals surface area contributed by atoms with Gasteiger partial charge in [0.1, 0.15) is 23.8 Å². The van der Waals surface area contributed by atoms with E-state index in [2.05, 4.69) is 75.5 Å². The van der Waals surface area contributed by atoms with Gasteiger partial charge in [0.05, 0.1) is 29.9 Å². The Morgan fingerprint density at radius 1 is 1.12 bits per heavy atom. The van der Waals surface area contributed by atoms with Gasteiger partial charge in [-0.05, 0) is 83.3 Å². The summed E-state index contributed by atoms with van der Waals surface area (Å²) in [5.41, 5.74) is 9.67. The maximum absolute atomic E-state index is 14.2. The molecule has 3 fully saturated rings. The highest BCUT2D eigenvalue weighted by Crippen LogP contribution is 2.58. The highest BCUT2D eigenvalue weighted by atomic mass is 16.6. The first-order valence-corrected chi connectivity index (χ1v) is 20.8. The van der Waals surface area contributed by atoms with Gasteiger partial charge in [-0.2, -0.15) is 0 Å². The molecule has 2 aliphatic carbocycles. The lowest BCUT2D eigenvalue weighted by atomic mass is 9.67. The lowest BCUT2D eigenvalue weighted by Crippen LogP contribution is -2.62. The van der Waals surface area contributed by atoms with Crippen molar-refractivity contribution in [1.29, 1.82) is 0 Å². The van der Waals surface area contributed by atoms with E-state index in [4.69, 9.17) is 19.2 Å². The van der Waals surface area contributed by atoms with Crippen molar-refractivity contribution in [2.75, 3.05) is 64.9 Å². The first-order chi connectivity index (χ1) is 27.2. The second-order valence-corrected chi connectivity index (χ2v) is 18.2. The molecule has 14 heteroatoms. The second kappa shape index (κ2) is 15.2. The number of amides is 2. The van der Waals surface area contributed by atoms with Crippen LogP contribution in [0.3, 0.4) is 0 Å². The number of nitrogens with zero attached hydrogens (tertiary/aromatic N) is 5. The molecule has 2 amide bonds. The fourth-order valence-electron chi connectivity index (χ4n) is 9.73. The van der Waals surface area contributed by atoms with Crippen LogP contribution in [0, 0.1) is 5.41 Å². The Morgan fingerprint density at radius 2 is 1.89 bits per heavy atom. The number of hydrogen-bond acceptors (Lipinski definition) is 11. The van der Waals surface area contributed by atoms with E-state index in [9.17, 15) is 14.4 Å². The summed E-state index contributed by atoms with van der Waals surface area (Å²) < 4.78 is 20.7. The number of hydrazine groups is 1. The van der Waals surface area contributed by atoms with Crippen LogP contribution in [0.2, 0.25) is 0 Å². The SMILES string of the molecule is CCn1c2c3c4cc(ccc41)[C@@H]1C[C@H]1N(C)C[C@H](NC(=O)OC(C)(C)C)C(=O)N1CCC[C@H](N1)C(=O)OCC(C)(C)C3[C@H](OC)c1ncc(N3CCNCC3)cc1-2. The normalized spacial score (nSPS) is 27.9. The Balaban J connectivity index is 1.24. The molecular weight excluding hydrogens is 725 g/mol. The number of ether oxygens (including phenoxy) is 3. The van der Waals surface area contributed by atoms with Crippen molar-refractivity contribution in [3.8, 4) is 11.3 Å². The summed E-state index contributed by atoms with van der Waals surface area (Å²) in [4.78, 5) is 51.0. The third-order valence-electron chi connectivity index (χ3n) is 12.6. The number of aryl methyl sites for hydroxylation is 1. The number of benzene rings is 1. The summed E-state index contributed by atoms with van der Waals surface area (Å²) in [6, 6.07) is 7.74. The molecule has 1 aromatic carbocycles. The van der Waals surface area contributed by atoms with Crippen molar-refractivity contribution in [3.05, 3.63) is 47.3 Å². The van der Waals surface area contributed by atoms with Gasteiger partial charge in [0.2, 0.25) is 0 Å². The smallest absolute Gasteiger partial charge is 0.408 e. The van der Waals surface area contributed by atoms with Crippen molar-refractivity contribution in [2.45, 2.75) is 109 Å². The van der Waals surface area contributed by atoms with E-state index in [0.717, 1.165) is 67.3 Å². The van der Waals surface area contributed by atoms with Crippen molar-refractivity contribution in [1.82, 2.24) is 35.5 Å². The second-order valence-electron chi connectivity index (χ2n) is 18.2. The Kier molecular flexibility index (Phi) is 10.5. The zero-order chi connectivity index (χ0) is 40.4. The molecule has 57 heavy (non-hydrogen) atoms. The third-order valence-corrected chi connectivity index (χ3v) is 12.6. The fraction of sp³-hybridized carbons (Fsp3) is 0.628. The van der Waals surface area contributed by atoms with Crippen molar-refractivity contribution in [3.63, 3.8) is 0 Å². The van der Waals surface area contributed by atoms with Crippen LogP contribution in [-0.4, -0.2) is 121 Å². The number of cyclic esters (lactones) is 1. The molecule has 2 saturated heterocycles. The first-order valence-electron chi connectivity index (χ1n) is 20.8. The molecule has 308 valence electrons. The molecule has 4 bridgehead atoms. The van der Waals surface area contributed by atoms with Crippen LogP contribution in [0.15, 0.2) is 30.5 Å². The minimum atomic E-state index is -0.897. The molecule has 8 rings (SSSR count). The zero-order valence-electron chi connectivity index (χ0n) is 34.8. The van der Waals surface area contributed by atoms with Crippen LogP contribution in [0.1, 0.15) is 95.6 Å². The van der Waals surface area contributed by atoms with Crippen molar-refractivity contribution in [2.24, 2.45) is 5.41 Å². The number of esters is 1. The van der Waals surface area contributed by atoms with Crippen LogP contribution in [0.4, 0.5) is 10.5 Å². The largest absolute Gasteiger partial charge is 0.464 e. The summed E-state index contributed by atoms with van der Waals surface area (Å²) in [6.07, 6.45) is 2.99. The highest BCUT2D eigenvalue weighted by Gasteiger charge is 2.49. The van der Waals surface area contributed by atoms with E-state index in [1.54, 1.807) is 27.9 Å². The number of rotatable bonds is 4. The maximum atomic E-state index is 14.2. The van der Waals surface area contributed by atoms with Crippen LogP contribution < -0.4 is 21.0 Å². The molecule has 1 unspecified atom stereocenters. The van der Waals surface area contributed by atoms with Gasteiger partial charge in [0.15, 0.2) is 0 Å². The maximum Gasteiger partial charge on any atom is 0.408 e. The number of aromatic nitrogens is 2. The molecule has 3 N–H and O–H groups in total. The molecule has 2 aromatic heterocycles. The first kappa shape index (κ1) is 39.6. The van der Waals surface area contributed by atoms with Gasteiger partial charge in [0.25, 0.3) is 5.91 Å². The number of hydrogen-bond donors (Lipinski definition) is 3. The Hall–Kier alpha value is -4.24. The molecule has 3 aromatic rings. The van der Waals surface area contributed by atoms with Gasteiger partial charge in [0, 0.05) is 92.7 Å². The minimum absolute atomic E-state index is 0.132. The fourth-order valence-corrected chi connectivity index (χ4v) is 9.73. The molecule has 0 radical (unpaired) electrons. The number of alkyl carbamates (subject to hydrolysis) is 1. The summed E-state index contributed by atoms with van der Waals surface area (Å²) in [5, 5.41) is 8.98. The number of nitrogens with one attached hydrogen (secondary N) is 3. The summed E-state index contributed by atoms with van der Waals surface area (Å²) in [6.45, 7) is 17.2. The number of likely N-dealkylation sites (N-methyl/N-ethyl adjacent to an activating group) is 1. The minimum Gasteiger partial charge on any atom is -0.464 e. The molecular formula is C43H60N8O6. The van der Waals surface area contributed by atoms with Crippen molar-refractivity contribution < 1.29 is 28.6 Å². The van der Waals surface area contributed by atoms with Crippen LogP contribution >= 0.6 is 0 Å². The van der Waals surface area contributed by atoms with E-state index >= 15 is 0 Å². The van der Waals surface area contributed by atoms with Crippen LogP contribution in [0.25, 0.3) is 22.2 Å². The third kappa shape index (κ3) is 7.50. The number of methoxy groups -OCH3 is 1. The molecule has 0 spiro atoms. The summed E-state index contributed by atoms with van der Waals surface area (Å²) >= 11 is 0. The van der Waals surface area contributed by atoms with Gasteiger partial charge in [-0.25, -0.2) is 10.2 Å². The number of piperazine rings is 1. The summed E-state index contributed by atoms with van der Waals surface area (Å²) in [5.74, 6) is -0.691. The molecule has 5 aliphatic rings. The predicted octanol–water partition coefficient (Wildman–Crippen LogP) is 4.68. The number of carbonyl (C=O) groups excluding carboxylic acids is 3. The molecule has 14 nitrogen and oxygen atoms in total. The number of anilines is 1. The monoisotopic (exact) mass is 784 g/mol. The lowest BCUT2D eigenvalue weighted by Gasteiger charge is -2.43. The van der Waals surface area contributed by atoms with E-state index in [0.29, 0.717) is 19.4 Å². The highest BCUT2D eigenvalue weighted by molar-refractivity contribution is 5.95. The average molecular weight is 785 g/mol. The van der Waals surface area contributed by atoms with Crippen molar-refractivity contribution >= 4 is 34.6 Å². The van der Waals surface area contributed by atoms with Crippen LogP contribution in [-0.2, 0) is 30.3 Å². The number of carbonyl (C=O) groups is 3. The average Bonchev–Trinajstić information content (AvgIpc) is 3.93. The van der Waals surface area contributed by atoms with E-state index < -0.39 is 41.3 Å². The number of pyridine rings is 1. The van der Waals surface area contributed by atoms with Gasteiger partial charge in [-0.3, -0.25) is 19.6 Å². The van der Waals surface area contributed by atoms with E-state index in [-0.39, 0.29) is 36.9 Å². The predicted molar refractivity (Wildman–Crippen MR) is 218 cm³/mol. The zero-order valence-corrected chi connectivity index (χ0v) is 34.8. The van der Waals surface area contributed by atoms with Crippen LogP contribution in [0.5, 0.6) is 0 Å². The standard InChI is InChI=1S/C43H60N8O6/c1-9-50-32-13-12-25-19-28(32)34-35(38(55-8)36-29(37(34)50)20-26(22-45-36)49-17-14-44-15-18-49)43(5,6)24-56-40(53)30-11-10-16-51(47-30)39(52)31(23-48(7)33-21-27(25)33)46-41(54)57-42(2,3)4/h12-13,19-20,22,27,30-31,33,35,38,44,47H,9-11,14-18,21,23-24H2,1-8H3,(H,46,54)/t27-,30-,31-,33+,35?,38-/m0/s1. The van der Waals surface area contributed by atoms with E-state index in [1.807, 2.05) is 13.2 Å². The Morgan fingerprint density at radius 3 is 2.61 bits per heavy atom. The molecule has 1 saturated carbocycles.